The van der Waals surface area contributed by atoms with Crippen LogP contribution in [0.15, 0.2) is 29.2 Å². The summed E-state index contributed by atoms with van der Waals surface area (Å²) in [6, 6.07) is 5.97. The van der Waals surface area contributed by atoms with Crippen molar-refractivity contribution in [2.75, 3.05) is 0 Å². The normalized spacial score (nSPS) is 30.9. The van der Waals surface area contributed by atoms with E-state index in [2.05, 4.69) is 4.98 Å². The van der Waals surface area contributed by atoms with Crippen LogP contribution in [-0.2, 0) is 0 Å². The minimum absolute atomic E-state index is 0.119. The Labute approximate surface area is 170 Å². The van der Waals surface area contributed by atoms with Gasteiger partial charge < -0.3 is 15.5 Å². The molecule has 3 aliphatic carbocycles. The van der Waals surface area contributed by atoms with Crippen LogP contribution in [0.4, 0.5) is 0 Å². The second-order valence-electron chi connectivity index (χ2n) is 9.25. The highest BCUT2D eigenvalue weighted by atomic mass is 35.5. The molecule has 28 heavy (non-hydrogen) atoms. The molecule has 0 bridgehead atoms. The Balaban J connectivity index is 1.15. The molecule has 3 saturated carbocycles. The number of hydrogen-bond donors (Lipinski definition) is 2. The molecule has 4 nitrogen and oxygen atoms in total. The number of halogens is 1. The lowest BCUT2D eigenvalue weighted by Crippen LogP contribution is -2.27. The summed E-state index contributed by atoms with van der Waals surface area (Å²) in [5, 5.41) is 1.98. The van der Waals surface area contributed by atoms with Crippen molar-refractivity contribution < 1.29 is 4.74 Å². The number of nitrogens with one attached hydrogen (secondary N) is 1. The van der Waals surface area contributed by atoms with Crippen LogP contribution < -0.4 is 16.0 Å². The van der Waals surface area contributed by atoms with Gasteiger partial charge in [-0.2, -0.15) is 0 Å². The molecule has 3 fully saturated rings. The van der Waals surface area contributed by atoms with E-state index in [0.29, 0.717) is 22.2 Å². The summed E-state index contributed by atoms with van der Waals surface area (Å²) in [7, 11) is 0. The minimum atomic E-state index is -0.119. The van der Waals surface area contributed by atoms with Crippen LogP contribution in [0.1, 0.15) is 51.4 Å². The van der Waals surface area contributed by atoms with Gasteiger partial charge in [0, 0.05) is 17.6 Å². The lowest BCUT2D eigenvalue weighted by molar-refractivity contribution is 0.126. The monoisotopic (exact) mass is 400 g/mol. The van der Waals surface area contributed by atoms with Crippen molar-refractivity contribution in [2.45, 2.75) is 63.5 Å². The van der Waals surface area contributed by atoms with Gasteiger partial charge in [0.25, 0.3) is 5.56 Å². The molecule has 1 aromatic heterocycles. The van der Waals surface area contributed by atoms with E-state index in [-0.39, 0.29) is 11.7 Å². The molecule has 1 heterocycles. The van der Waals surface area contributed by atoms with E-state index in [9.17, 15) is 4.79 Å². The Kier molecular flexibility index (Phi) is 4.88. The third-order valence-corrected chi connectivity index (χ3v) is 7.48. The van der Waals surface area contributed by atoms with Crippen molar-refractivity contribution in [3.8, 4) is 5.75 Å². The van der Waals surface area contributed by atoms with Gasteiger partial charge in [0.15, 0.2) is 0 Å². The number of aromatic amines is 1. The number of fused-ring (bicyclic) bond motifs is 1. The van der Waals surface area contributed by atoms with Gasteiger partial charge in [0.05, 0.1) is 11.1 Å². The third kappa shape index (κ3) is 3.81. The number of aromatic nitrogens is 1. The number of ether oxygens (including phenoxy) is 1. The molecular formula is C23H29ClN2O2. The lowest BCUT2D eigenvalue weighted by Gasteiger charge is -2.29. The summed E-state index contributed by atoms with van der Waals surface area (Å²) >= 11 is 6.39. The van der Waals surface area contributed by atoms with Gasteiger partial charge in [0.2, 0.25) is 0 Å². The molecule has 3 N–H and O–H groups in total. The van der Waals surface area contributed by atoms with E-state index in [1.165, 1.54) is 38.5 Å². The highest BCUT2D eigenvalue weighted by Gasteiger charge is 2.47. The number of benzene rings is 1. The Morgan fingerprint density at radius 3 is 2.71 bits per heavy atom. The molecule has 2 aromatic rings. The SMILES string of the molecule is N[C@H](C1CC1)C1CC1CC1CCC(Oc2cc3cc[nH]c(=O)c3cc2Cl)CC1. The summed E-state index contributed by atoms with van der Waals surface area (Å²) in [6.07, 6.45) is 12.0. The quantitative estimate of drug-likeness (QED) is 0.725. The fraction of sp³-hybridized carbons (Fsp3) is 0.609. The van der Waals surface area contributed by atoms with Gasteiger partial charge in [-0.15, -0.1) is 0 Å². The van der Waals surface area contributed by atoms with Crippen LogP contribution >= 0.6 is 11.6 Å². The standard InChI is InChI=1S/C23H29ClN2O2/c24-20-12-19-15(7-8-26-23(19)27)11-21(20)28-17-5-1-13(2-6-17)9-16-10-18(16)22(25)14-3-4-14/h7-8,11-14,16-18,22H,1-6,9-10,25H2,(H,26,27)/t13?,16?,17?,18?,22-/m1/s1. The molecule has 0 saturated heterocycles. The average molecular weight is 401 g/mol. The summed E-state index contributed by atoms with van der Waals surface area (Å²) in [5.41, 5.74) is 6.28. The Morgan fingerprint density at radius 1 is 1.18 bits per heavy atom. The Bertz CT molecular complexity index is 914. The molecule has 0 spiro atoms. The zero-order chi connectivity index (χ0) is 19.3. The Hall–Kier alpha value is -1.52. The zero-order valence-corrected chi connectivity index (χ0v) is 17.0. The third-order valence-electron chi connectivity index (χ3n) is 7.19. The van der Waals surface area contributed by atoms with Crippen molar-refractivity contribution in [1.82, 2.24) is 4.98 Å². The largest absolute Gasteiger partial charge is 0.489 e. The number of rotatable bonds is 6. The summed E-state index contributed by atoms with van der Waals surface area (Å²) in [5.74, 6) is 4.04. The van der Waals surface area contributed by atoms with Crippen molar-refractivity contribution in [3.63, 3.8) is 0 Å². The lowest BCUT2D eigenvalue weighted by atomic mass is 9.83. The first-order valence-electron chi connectivity index (χ1n) is 10.8. The fourth-order valence-electron chi connectivity index (χ4n) is 5.22. The molecular weight excluding hydrogens is 372 g/mol. The molecule has 3 atom stereocenters. The number of hydrogen-bond acceptors (Lipinski definition) is 3. The Morgan fingerprint density at radius 2 is 1.96 bits per heavy atom. The second-order valence-corrected chi connectivity index (χ2v) is 9.65. The van der Waals surface area contributed by atoms with Crippen LogP contribution in [0, 0.1) is 23.7 Å². The fourth-order valence-corrected chi connectivity index (χ4v) is 5.42. The predicted octanol–water partition coefficient (Wildman–Crippen LogP) is 4.88. The van der Waals surface area contributed by atoms with Crippen LogP contribution in [0.2, 0.25) is 5.02 Å². The van der Waals surface area contributed by atoms with E-state index in [1.54, 1.807) is 12.3 Å². The summed E-state index contributed by atoms with van der Waals surface area (Å²) in [4.78, 5) is 14.6. The maximum absolute atomic E-state index is 11.9. The van der Waals surface area contributed by atoms with Crippen molar-refractivity contribution in [2.24, 2.45) is 29.4 Å². The highest BCUT2D eigenvalue weighted by molar-refractivity contribution is 6.32. The molecule has 0 aliphatic heterocycles. The zero-order valence-electron chi connectivity index (χ0n) is 16.2. The first-order valence-corrected chi connectivity index (χ1v) is 11.2. The number of H-pyrrole nitrogens is 1. The molecule has 0 radical (unpaired) electrons. The highest BCUT2D eigenvalue weighted by Crippen LogP contribution is 2.51. The predicted molar refractivity (Wildman–Crippen MR) is 113 cm³/mol. The first-order chi connectivity index (χ1) is 13.6. The summed E-state index contributed by atoms with van der Waals surface area (Å²) in [6.45, 7) is 0. The van der Waals surface area contributed by atoms with Crippen LogP contribution in [-0.4, -0.2) is 17.1 Å². The van der Waals surface area contributed by atoms with Gasteiger partial charge in [-0.25, -0.2) is 0 Å². The minimum Gasteiger partial charge on any atom is -0.489 e. The summed E-state index contributed by atoms with van der Waals surface area (Å²) < 4.78 is 6.24. The molecule has 3 aliphatic rings. The molecule has 1 aromatic carbocycles. The molecule has 5 rings (SSSR count). The second kappa shape index (κ2) is 7.38. The van der Waals surface area contributed by atoms with Crippen molar-refractivity contribution in [1.29, 1.82) is 0 Å². The van der Waals surface area contributed by atoms with E-state index < -0.39 is 0 Å². The van der Waals surface area contributed by atoms with Gasteiger partial charge in [0.1, 0.15) is 5.75 Å². The van der Waals surface area contributed by atoms with Crippen molar-refractivity contribution >= 4 is 22.4 Å². The molecule has 5 heteroatoms. The van der Waals surface area contributed by atoms with Gasteiger partial charge in [-0.05, 0) is 98.6 Å². The van der Waals surface area contributed by atoms with Gasteiger partial charge in [-0.3, -0.25) is 4.79 Å². The topological polar surface area (TPSA) is 68.1 Å². The number of nitrogens with two attached hydrogens (primary N) is 1. The first kappa shape index (κ1) is 18.5. The van der Waals surface area contributed by atoms with Gasteiger partial charge >= 0.3 is 0 Å². The molecule has 0 amide bonds. The van der Waals surface area contributed by atoms with Gasteiger partial charge in [-0.1, -0.05) is 11.6 Å². The molecule has 150 valence electrons. The van der Waals surface area contributed by atoms with Crippen LogP contribution in [0.5, 0.6) is 5.75 Å². The van der Waals surface area contributed by atoms with E-state index in [4.69, 9.17) is 22.1 Å². The van der Waals surface area contributed by atoms with E-state index >= 15 is 0 Å². The van der Waals surface area contributed by atoms with E-state index in [0.717, 1.165) is 41.9 Å². The maximum Gasteiger partial charge on any atom is 0.255 e. The maximum atomic E-state index is 11.9. The number of pyridine rings is 1. The average Bonchev–Trinajstić information content (AvgIpc) is 3.59. The van der Waals surface area contributed by atoms with Crippen molar-refractivity contribution in [3.05, 3.63) is 39.8 Å². The molecule has 2 unspecified atom stereocenters. The van der Waals surface area contributed by atoms with E-state index in [1.807, 2.05) is 12.1 Å². The smallest absolute Gasteiger partial charge is 0.255 e. The van der Waals surface area contributed by atoms with Crippen LogP contribution in [0.25, 0.3) is 10.8 Å². The van der Waals surface area contributed by atoms with Crippen LogP contribution in [0.3, 0.4) is 0 Å².